The number of carbonyl (C=O) groups excluding carboxylic acids is 1. The summed E-state index contributed by atoms with van der Waals surface area (Å²) in [7, 11) is -4.80. The molecule has 1 aliphatic heterocycles. The highest BCUT2D eigenvalue weighted by Crippen LogP contribution is 2.39. The van der Waals surface area contributed by atoms with Crippen molar-refractivity contribution in [2.75, 3.05) is 22.8 Å². The molecule has 35 heavy (non-hydrogen) atoms. The number of rotatable bonds is 6. The Morgan fingerprint density at radius 1 is 1.20 bits per heavy atom. The minimum absolute atomic E-state index is 0.0759. The molecule has 0 unspecified atom stereocenters. The fraction of sp³-hybridized carbons (Fsp3) is 0.522. The van der Waals surface area contributed by atoms with Crippen LogP contribution in [0, 0.1) is 16.5 Å². The Morgan fingerprint density at radius 2 is 1.86 bits per heavy atom. The summed E-state index contributed by atoms with van der Waals surface area (Å²) in [4.78, 5) is 13.1. The highest BCUT2D eigenvalue weighted by Gasteiger charge is 2.36. The molecule has 0 bridgehead atoms. The van der Waals surface area contributed by atoms with Crippen LogP contribution in [0.1, 0.15) is 47.9 Å². The van der Waals surface area contributed by atoms with Crippen LogP contribution in [0.2, 0.25) is 0 Å². The first-order chi connectivity index (χ1) is 16.9. The predicted octanol–water partition coefficient (Wildman–Crippen LogP) is 2.65. The van der Waals surface area contributed by atoms with Crippen molar-refractivity contribution >= 4 is 27.6 Å². The summed E-state index contributed by atoms with van der Waals surface area (Å²) in [5.74, 6) is 0. The maximum atomic E-state index is 13.5. The Kier molecular flexibility index (Phi) is 6.39. The lowest BCUT2D eigenvalue weighted by atomic mass is 9.99. The Bertz CT molecular complexity index is 1250. The number of amides is 2. The minimum atomic E-state index is -4.80. The van der Waals surface area contributed by atoms with Crippen LogP contribution in [-0.2, 0) is 47.2 Å². The normalized spacial score (nSPS) is 17.5. The van der Waals surface area contributed by atoms with Gasteiger partial charge in [0.05, 0.1) is 30.2 Å². The summed E-state index contributed by atoms with van der Waals surface area (Å²) in [5.41, 5.74) is 5.06. The smallest absolute Gasteiger partial charge is 0.326 e. The zero-order chi connectivity index (χ0) is 24.6. The molecule has 2 aromatic rings. The van der Waals surface area contributed by atoms with Crippen molar-refractivity contribution in [2.45, 2.75) is 64.0 Å². The van der Waals surface area contributed by atoms with Crippen LogP contribution >= 0.6 is 0 Å². The topological polar surface area (TPSA) is 144 Å². The lowest BCUT2D eigenvalue weighted by Crippen LogP contribution is -2.51. The largest absolute Gasteiger partial charge is 0.740 e. The van der Waals surface area contributed by atoms with Crippen molar-refractivity contribution in [3.8, 4) is 6.07 Å². The first kappa shape index (κ1) is 23.6. The molecular weight excluding hydrogens is 472 g/mol. The number of ether oxygens (including phenoxy) is 1. The summed E-state index contributed by atoms with van der Waals surface area (Å²) in [6.45, 7) is 0.584. The van der Waals surface area contributed by atoms with E-state index in [0.29, 0.717) is 31.7 Å². The maximum Gasteiger partial charge on any atom is 0.326 e. The first-order valence-corrected chi connectivity index (χ1v) is 13.3. The number of anilines is 2. The van der Waals surface area contributed by atoms with E-state index in [4.69, 9.17) is 10.00 Å². The summed E-state index contributed by atoms with van der Waals surface area (Å²) >= 11 is 0. The third kappa shape index (κ3) is 4.35. The van der Waals surface area contributed by atoms with Gasteiger partial charge in [0.2, 0.25) is 0 Å². The Morgan fingerprint density at radius 3 is 2.49 bits per heavy atom. The van der Waals surface area contributed by atoms with Crippen LogP contribution in [-0.4, -0.2) is 48.0 Å². The molecule has 0 saturated carbocycles. The van der Waals surface area contributed by atoms with Crippen LogP contribution in [0.3, 0.4) is 0 Å². The monoisotopic (exact) mass is 499 g/mol. The third-order valence-electron chi connectivity index (χ3n) is 6.96. The number of urea groups is 1. The second-order valence-electron chi connectivity index (χ2n) is 9.09. The number of fused-ring (bicyclic) bond motifs is 2. The van der Waals surface area contributed by atoms with Crippen molar-refractivity contribution < 1.29 is 17.9 Å². The molecule has 0 radical (unpaired) electrons. The van der Waals surface area contributed by atoms with Gasteiger partial charge in [-0.15, -0.1) is 0 Å². The number of nitriles is 1. The minimum Gasteiger partial charge on any atom is -0.740 e. The number of hydrogen-bond acceptors (Lipinski definition) is 7. The van der Waals surface area contributed by atoms with Gasteiger partial charge < -0.3 is 15.3 Å². The van der Waals surface area contributed by atoms with Crippen molar-refractivity contribution in [3.05, 3.63) is 45.9 Å². The maximum absolute atomic E-state index is 13.5. The molecule has 5 rings (SSSR count). The first-order valence-electron chi connectivity index (χ1n) is 11.9. The van der Waals surface area contributed by atoms with Gasteiger partial charge in [-0.3, -0.25) is 9.15 Å². The molecule has 1 aromatic carbocycles. The number of nitrogens with zero attached hydrogens (tertiary/aromatic N) is 5. The molecule has 2 aliphatic carbocycles. The lowest BCUT2D eigenvalue weighted by Gasteiger charge is -2.39. The third-order valence-corrected chi connectivity index (χ3v) is 8.55. The van der Waals surface area contributed by atoms with Crippen LogP contribution in [0.25, 0.3) is 0 Å². The second-order valence-corrected chi connectivity index (χ2v) is 10.7. The molecule has 0 spiro atoms. The number of nitrogens with one attached hydrogen (secondary N) is 1. The lowest BCUT2D eigenvalue weighted by molar-refractivity contribution is 0.0874. The van der Waals surface area contributed by atoms with Gasteiger partial charge in [-0.1, -0.05) is 6.07 Å². The molecule has 12 heteroatoms. The summed E-state index contributed by atoms with van der Waals surface area (Å²) in [6.07, 6.45) is 8.72. The van der Waals surface area contributed by atoms with Gasteiger partial charge in [-0.05, 0) is 73.6 Å². The van der Waals surface area contributed by atoms with E-state index in [1.54, 1.807) is 0 Å². The van der Waals surface area contributed by atoms with Gasteiger partial charge in [-0.25, -0.2) is 9.10 Å². The average Bonchev–Trinajstić information content (AvgIpc) is 3.60. The van der Waals surface area contributed by atoms with Crippen LogP contribution < -0.4 is 9.62 Å². The standard InChI is InChI=1S/C23H27N6O5S/c24-9-10-27-15-19(14-25-27)28(18-7-11-34-12-8-18)35(32,33)29(31)23(30)26-22-20-5-1-3-16(20)13-17-4-2-6-21(17)22/h13-15,18H,1-8,10-12H2,(H,26,30)/q-1. The molecular formula is C23H27N6O5S-. The Hall–Kier alpha value is -3.14. The van der Waals surface area contributed by atoms with Crippen molar-refractivity contribution in [1.29, 1.82) is 5.26 Å². The predicted molar refractivity (Wildman–Crippen MR) is 128 cm³/mol. The van der Waals surface area contributed by atoms with Crippen LogP contribution in [0.15, 0.2) is 18.5 Å². The zero-order valence-corrected chi connectivity index (χ0v) is 20.1. The molecule has 1 fully saturated rings. The van der Waals surface area contributed by atoms with E-state index in [1.165, 1.54) is 17.1 Å². The van der Waals surface area contributed by atoms with E-state index in [-0.39, 0.29) is 12.2 Å². The molecule has 1 aromatic heterocycles. The van der Waals surface area contributed by atoms with Crippen molar-refractivity contribution in [1.82, 2.24) is 14.2 Å². The van der Waals surface area contributed by atoms with Gasteiger partial charge in [0.15, 0.2) is 0 Å². The van der Waals surface area contributed by atoms with E-state index < -0.39 is 26.8 Å². The number of benzene rings is 1. The average molecular weight is 500 g/mol. The molecule has 186 valence electrons. The molecule has 0 atom stereocenters. The quantitative estimate of drug-likeness (QED) is 0.602. The molecule has 11 nitrogen and oxygen atoms in total. The number of hydroxylamine groups is 1. The summed E-state index contributed by atoms with van der Waals surface area (Å²) in [6, 6.07) is 2.32. The number of aromatic nitrogens is 2. The molecule has 1 saturated heterocycles. The number of carbonyl (C=O) groups is 1. The summed E-state index contributed by atoms with van der Waals surface area (Å²) in [5, 5.41) is 28.7. The van der Waals surface area contributed by atoms with E-state index in [9.17, 15) is 18.4 Å². The Balaban J connectivity index is 1.45. The van der Waals surface area contributed by atoms with Gasteiger partial charge in [0, 0.05) is 18.9 Å². The van der Waals surface area contributed by atoms with E-state index in [1.807, 2.05) is 6.07 Å². The van der Waals surface area contributed by atoms with Gasteiger partial charge in [0.1, 0.15) is 6.54 Å². The Labute approximate surface area is 204 Å². The van der Waals surface area contributed by atoms with Crippen LogP contribution in [0.4, 0.5) is 16.2 Å². The fourth-order valence-corrected chi connectivity index (χ4v) is 6.75. The van der Waals surface area contributed by atoms with Crippen LogP contribution in [0.5, 0.6) is 0 Å². The van der Waals surface area contributed by atoms with E-state index in [2.05, 4.69) is 16.5 Å². The fourth-order valence-electron chi connectivity index (χ4n) is 5.38. The highest BCUT2D eigenvalue weighted by molar-refractivity contribution is 7.91. The van der Waals surface area contributed by atoms with Gasteiger partial charge in [-0.2, -0.15) is 18.8 Å². The summed E-state index contributed by atoms with van der Waals surface area (Å²) < 4.78 is 34.2. The molecule has 1 N–H and O–H groups in total. The zero-order valence-electron chi connectivity index (χ0n) is 19.3. The van der Waals surface area contributed by atoms with Crippen molar-refractivity contribution in [3.63, 3.8) is 0 Å². The molecule has 2 amide bonds. The molecule has 3 aliphatic rings. The van der Waals surface area contributed by atoms with E-state index >= 15 is 0 Å². The van der Waals surface area contributed by atoms with Gasteiger partial charge in [0.25, 0.3) is 0 Å². The highest BCUT2D eigenvalue weighted by atomic mass is 32.2. The van der Waals surface area contributed by atoms with E-state index in [0.717, 1.165) is 65.1 Å². The number of aryl methyl sites for hydroxylation is 2. The molecule has 2 heterocycles. The van der Waals surface area contributed by atoms with Gasteiger partial charge >= 0.3 is 16.2 Å². The number of hydrogen-bond donors (Lipinski definition) is 1. The van der Waals surface area contributed by atoms with Crippen molar-refractivity contribution in [2.24, 2.45) is 0 Å². The SMILES string of the molecule is N#CCn1cc(N(C2CCOCC2)S(=O)(=O)N([O-])C(=O)Nc2c3c(cc4c2CCC4)CCC3)cn1. The second kappa shape index (κ2) is 9.49.